The first-order chi connectivity index (χ1) is 15.5. The number of nitrogens with two attached hydrogens (primary N) is 1. The Bertz CT molecular complexity index is 1180. The molecule has 2 amide bonds. The average Bonchev–Trinajstić information content (AvgIpc) is 3.24. The smallest absolute Gasteiger partial charge is 0.250 e. The van der Waals surface area contributed by atoms with Crippen LogP contribution in [-0.4, -0.2) is 27.0 Å². The van der Waals surface area contributed by atoms with Gasteiger partial charge in [0.25, 0.3) is 5.91 Å². The van der Waals surface area contributed by atoms with E-state index in [9.17, 15) is 9.59 Å². The Balaban J connectivity index is 1.59. The predicted molar refractivity (Wildman–Crippen MR) is 128 cm³/mol. The lowest BCUT2D eigenvalue weighted by molar-refractivity contribution is -0.115. The molecule has 1 atom stereocenters. The van der Waals surface area contributed by atoms with Crippen LogP contribution in [0.1, 0.15) is 17.3 Å². The van der Waals surface area contributed by atoms with Crippen molar-refractivity contribution in [2.75, 3.05) is 5.32 Å². The monoisotopic (exact) mass is 442 g/mol. The Morgan fingerprint density at radius 1 is 0.906 bits per heavy atom. The maximum Gasteiger partial charge on any atom is 0.250 e. The van der Waals surface area contributed by atoms with Crippen LogP contribution >= 0.6 is 11.8 Å². The number of carbonyl (C=O) groups is 2. The first kappa shape index (κ1) is 21.4. The van der Waals surface area contributed by atoms with Gasteiger partial charge in [-0.05, 0) is 19.1 Å². The Kier molecular flexibility index (Phi) is 6.37. The largest absolute Gasteiger partial charge is 0.366 e. The quantitative estimate of drug-likeness (QED) is 0.352. The van der Waals surface area contributed by atoms with E-state index in [4.69, 9.17) is 10.7 Å². The highest BCUT2D eigenvalue weighted by molar-refractivity contribution is 8.00. The molecular weight excluding hydrogens is 420 g/mol. The molecule has 4 rings (SSSR count). The van der Waals surface area contributed by atoms with Gasteiger partial charge < -0.3 is 16.0 Å². The van der Waals surface area contributed by atoms with E-state index in [2.05, 4.69) is 10.3 Å². The number of nitrogens with zero attached hydrogens (tertiary/aromatic N) is 1. The molecule has 1 unspecified atom stereocenters. The zero-order valence-electron chi connectivity index (χ0n) is 17.4. The van der Waals surface area contributed by atoms with Crippen molar-refractivity contribution in [3.63, 3.8) is 0 Å². The van der Waals surface area contributed by atoms with Crippen LogP contribution in [0.25, 0.3) is 22.5 Å². The van der Waals surface area contributed by atoms with Crippen LogP contribution < -0.4 is 11.1 Å². The van der Waals surface area contributed by atoms with Crippen LogP contribution in [0.15, 0.2) is 90.1 Å². The highest BCUT2D eigenvalue weighted by atomic mass is 32.2. The van der Waals surface area contributed by atoms with Gasteiger partial charge in [0, 0.05) is 11.1 Å². The van der Waals surface area contributed by atoms with Crippen molar-refractivity contribution in [3.05, 3.63) is 90.5 Å². The molecule has 7 heteroatoms. The van der Waals surface area contributed by atoms with Gasteiger partial charge in [-0.15, -0.1) is 0 Å². The third-order valence-electron chi connectivity index (χ3n) is 4.90. The summed E-state index contributed by atoms with van der Waals surface area (Å²) in [6, 6.07) is 26.6. The molecule has 4 aromatic rings. The molecule has 0 fully saturated rings. The summed E-state index contributed by atoms with van der Waals surface area (Å²) in [6.07, 6.45) is 0. The van der Waals surface area contributed by atoms with Crippen LogP contribution in [-0.2, 0) is 4.79 Å². The van der Waals surface area contributed by atoms with E-state index in [-0.39, 0.29) is 11.5 Å². The van der Waals surface area contributed by atoms with Crippen LogP contribution in [0.5, 0.6) is 0 Å². The standard InChI is InChI=1S/C25H22N4O2S/c1-16(24(31)27-20-15-9-8-14-19(20)23(26)30)32-25-28-21(17-10-4-2-5-11-17)22(29-25)18-12-6-3-7-13-18/h2-16H,1H3,(H2,26,30)(H,27,31)(H,28,29). The summed E-state index contributed by atoms with van der Waals surface area (Å²) in [5.41, 5.74) is 9.80. The van der Waals surface area contributed by atoms with E-state index in [0.717, 1.165) is 22.5 Å². The number of aromatic nitrogens is 2. The minimum absolute atomic E-state index is 0.248. The zero-order valence-corrected chi connectivity index (χ0v) is 18.2. The molecular formula is C25H22N4O2S. The van der Waals surface area contributed by atoms with Gasteiger partial charge in [-0.3, -0.25) is 9.59 Å². The average molecular weight is 443 g/mol. The summed E-state index contributed by atoms with van der Waals surface area (Å²) in [5, 5.41) is 2.96. The second kappa shape index (κ2) is 9.53. The Labute approximate surface area is 190 Å². The molecule has 0 radical (unpaired) electrons. The van der Waals surface area contributed by atoms with Crippen molar-refractivity contribution in [2.24, 2.45) is 5.73 Å². The molecule has 0 aliphatic rings. The molecule has 0 aliphatic carbocycles. The van der Waals surface area contributed by atoms with Gasteiger partial charge in [-0.25, -0.2) is 4.98 Å². The number of carbonyl (C=O) groups excluding carboxylic acids is 2. The molecule has 0 saturated heterocycles. The summed E-state index contributed by atoms with van der Waals surface area (Å²) in [4.78, 5) is 32.6. The van der Waals surface area contributed by atoms with E-state index in [1.54, 1.807) is 31.2 Å². The number of imidazole rings is 1. The normalized spacial score (nSPS) is 11.7. The van der Waals surface area contributed by atoms with E-state index in [1.165, 1.54) is 11.8 Å². The van der Waals surface area contributed by atoms with Gasteiger partial charge in [0.2, 0.25) is 5.91 Å². The summed E-state index contributed by atoms with van der Waals surface area (Å²) < 4.78 is 0. The van der Waals surface area contributed by atoms with Crippen molar-refractivity contribution in [1.82, 2.24) is 9.97 Å². The maximum absolute atomic E-state index is 12.8. The molecule has 0 spiro atoms. The molecule has 1 aromatic heterocycles. The summed E-state index contributed by atoms with van der Waals surface area (Å²) >= 11 is 1.31. The second-order valence-corrected chi connectivity index (χ2v) is 8.49. The lowest BCUT2D eigenvalue weighted by Gasteiger charge is -2.12. The molecule has 0 aliphatic heterocycles. The highest BCUT2D eigenvalue weighted by Crippen LogP contribution is 2.34. The van der Waals surface area contributed by atoms with Gasteiger partial charge >= 0.3 is 0 Å². The van der Waals surface area contributed by atoms with Gasteiger partial charge in [0.1, 0.15) is 0 Å². The number of rotatable bonds is 7. The van der Waals surface area contributed by atoms with Crippen LogP contribution in [0.2, 0.25) is 0 Å². The maximum atomic E-state index is 12.8. The first-order valence-electron chi connectivity index (χ1n) is 10.1. The molecule has 3 aromatic carbocycles. The van der Waals surface area contributed by atoms with Crippen molar-refractivity contribution >= 4 is 29.3 Å². The van der Waals surface area contributed by atoms with Crippen molar-refractivity contribution in [3.8, 4) is 22.5 Å². The fourth-order valence-corrected chi connectivity index (χ4v) is 4.09. The molecule has 6 nitrogen and oxygen atoms in total. The minimum Gasteiger partial charge on any atom is -0.366 e. The number of hydrogen-bond donors (Lipinski definition) is 3. The summed E-state index contributed by atoms with van der Waals surface area (Å²) in [5.74, 6) is -0.838. The minimum atomic E-state index is -0.591. The lowest BCUT2D eigenvalue weighted by atomic mass is 10.1. The third kappa shape index (κ3) is 4.73. The number of nitrogens with one attached hydrogen (secondary N) is 2. The second-order valence-electron chi connectivity index (χ2n) is 7.16. The number of amides is 2. The van der Waals surface area contributed by atoms with E-state index < -0.39 is 11.2 Å². The number of primary amides is 1. The van der Waals surface area contributed by atoms with E-state index in [0.29, 0.717) is 10.8 Å². The molecule has 4 N–H and O–H groups in total. The number of hydrogen-bond acceptors (Lipinski definition) is 4. The van der Waals surface area contributed by atoms with E-state index >= 15 is 0 Å². The fraction of sp³-hybridized carbons (Fsp3) is 0.0800. The number of anilines is 1. The predicted octanol–water partition coefficient (Wildman–Crippen LogP) is 4.96. The SMILES string of the molecule is CC(Sc1nc(-c2ccccc2)c(-c2ccccc2)[nH]1)C(=O)Nc1ccccc1C(N)=O. The van der Waals surface area contributed by atoms with Crippen LogP contribution in [0.3, 0.4) is 0 Å². The van der Waals surface area contributed by atoms with Crippen molar-refractivity contribution < 1.29 is 9.59 Å². The molecule has 0 saturated carbocycles. The van der Waals surface area contributed by atoms with Crippen molar-refractivity contribution in [2.45, 2.75) is 17.3 Å². The van der Waals surface area contributed by atoms with E-state index in [1.807, 2.05) is 60.7 Å². The zero-order chi connectivity index (χ0) is 22.5. The fourth-order valence-electron chi connectivity index (χ4n) is 3.29. The summed E-state index contributed by atoms with van der Waals surface area (Å²) in [6.45, 7) is 1.79. The number of H-pyrrole nitrogens is 1. The number of para-hydroxylation sites is 1. The Hall–Kier alpha value is -3.84. The molecule has 1 heterocycles. The van der Waals surface area contributed by atoms with Crippen LogP contribution in [0, 0.1) is 0 Å². The first-order valence-corrected chi connectivity index (χ1v) is 11.0. The molecule has 0 bridgehead atoms. The number of thioether (sulfide) groups is 1. The molecule has 160 valence electrons. The van der Waals surface area contributed by atoms with Crippen molar-refractivity contribution in [1.29, 1.82) is 0 Å². The Morgan fingerprint density at radius 2 is 1.50 bits per heavy atom. The highest BCUT2D eigenvalue weighted by Gasteiger charge is 2.21. The van der Waals surface area contributed by atoms with Gasteiger partial charge in [0.15, 0.2) is 5.16 Å². The number of aromatic amines is 1. The van der Waals surface area contributed by atoms with Gasteiger partial charge in [-0.2, -0.15) is 0 Å². The Morgan fingerprint density at radius 3 is 2.16 bits per heavy atom. The number of benzene rings is 3. The molecule has 32 heavy (non-hydrogen) atoms. The van der Waals surface area contributed by atoms with Crippen LogP contribution in [0.4, 0.5) is 5.69 Å². The summed E-state index contributed by atoms with van der Waals surface area (Å²) in [7, 11) is 0. The lowest BCUT2D eigenvalue weighted by Crippen LogP contribution is -2.24. The third-order valence-corrected chi connectivity index (χ3v) is 5.88. The van der Waals surface area contributed by atoms with Gasteiger partial charge in [0.05, 0.1) is 27.9 Å². The topological polar surface area (TPSA) is 101 Å². The van der Waals surface area contributed by atoms with Gasteiger partial charge in [-0.1, -0.05) is 84.6 Å².